The highest BCUT2D eigenvalue weighted by atomic mass is 14.1. The van der Waals surface area contributed by atoms with Crippen molar-refractivity contribution in [3.05, 3.63) is 12.2 Å². The molecule has 0 spiro atoms. The summed E-state index contributed by atoms with van der Waals surface area (Å²) in [5, 5.41) is 0. The fourth-order valence-electron chi connectivity index (χ4n) is 1.32. The van der Waals surface area contributed by atoms with Crippen LogP contribution in [0, 0.1) is 5.92 Å². The first-order valence-electron chi connectivity index (χ1n) is 4.04. The van der Waals surface area contributed by atoms with E-state index in [-0.39, 0.29) is 0 Å². The average molecular weight is 124 g/mol. The molecule has 9 heavy (non-hydrogen) atoms. The Bertz CT molecular complexity index is 92.2. The minimum Gasteiger partial charge on any atom is -0.0885 e. The van der Waals surface area contributed by atoms with E-state index in [1.54, 1.807) is 0 Å². The van der Waals surface area contributed by atoms with E-state index in [9.17, 15) is 0 Å². The fourth-order valence-corrected chi connectivity index (χ4v) is 1.32. The molecule has 0 aromatic carbocycles. The van der Waals surface area contributed by atoms with Crippen LogP contribution in [0.4, 0.5) is 0 Å². The van der Waals surface area contributed by atoms with Gasteiger partial charge in [-0.2, -0.15) is 0 Å². The molecule has 52 valence electrons. The average Bonchev–Trinajstić information content (AvgIpc) is 1.79. The molecule has 0 N–H and O–H groups in total. The third-order valence-electron chi connectivity index (χ3n) is 2.02. The number of rotatable bonds is 0. The van der Waals surface area contributed by atoms with Crippen LogP contribution in [0.3, 0.4) is 0 Å². The summed E-state index contributed by atoms with van der Waals surface area (Å²) in [6.07, 6.45) is 11.6. The molecule has 1 atom stereocenters. The van der Waals surface area contributed by atoms with Gasteiger partial charge in [-0.3, -0.25) is 0 Å². The Morgan fingerprint density at radius 2 is 2.11 bits per heavy atom. The molecule has 0 heterocycles. The molecule has 1 aliphatic rings. The normalized spacial score (nSPS) is 32.8. The van der Waals surface area contributed by atoms with Crippen molar-refractivity contribution in [2.24, 2.45) is 5.92 Å². The topological polar surface area (TPSA) is 0 Å². The van der Waals surface area contributed by atoms with Gasteiger partial charge in [-0.05, 0) is 25.2 Å². The van der Waals surface area contributed by atoms with Crippen molar-refractivity contribution in [3.63, 3.8) is 0 Å². The summed E-state index contributed by atoms with van der Waals surface area (Å²) in [6, 6.07) is 0. The van der Waals surface area contributed by atoms with Crippen LogP contribution in [0.25, 0.3) is 0 Å². The molecule has 1 aliphatic carbocycles. The molecule has 1 rings (SSSR count). The number of hydrogen-bond acceptors (Lipinski definition) is 0. The van der Waals surface area contributed by atoms with Crippen molar-refractivity contribution in [2.45, 2.75) is 39.0 Å². The van der Waals surface area contributed by atoms with E-state index in [1.807, 2.05) is 0 Å². The third kappa shape index (κ3) is 2.69. The summed E-state index contributed by atoms with van der Waals surface area (Å²) < 4.78 is 0. The van der Waals surface area contributed by atoms with E-state index in [1.165, 1.54) is 32.1 Å². The van der Waals surface area contributed by atoms with Crippen LogP contribution in [-0.4, -0.2) is 0 Å². The first-order chi connectivity index (χ1) is 4.39. The second-order valence-electron chi connectivity index (χ2n) is 3.10. The van der Waals surface area contributed by atoms with Gasteiger partial charge < -0.3 is 0 Å². The predicted molar refractivity (Wildman–Crippen MR) is 41.4 cm³/mol. The summed E-state index contributed by atoms with van der Waals surface area (Å²) in [5.41, 5.74) is 0. The molecule has 0 nitrogen and oxygen atoms in total. The second kappa shape index (κ2) is 3.71. The van der Waals surface area contributed by atoms with Crippen molar-refractivity contribution in [3.8, 4) is 0 Å². The Hall–Kier alpha value is -0.260. The van der Waals surface area contributed by atoms with Crippen LogP contribution in [0.15, 0.2) is 12.2 Å². The molecule has 0 saturated heterocycles. The van der Waals surface area contributed by atoms with Gasteiger partial charge in [0.1, 0.15) is 0 Å². The SMILES string of the molecule is CC1C/C=C/CCCC1. The van der Waals surface area contributed by atoms with Gasteiger partial charge in [-0.1, -0.05) is 31.9 Å². The number of allylic oxidation sites excluding steroid dienone is 2. The molecule has 0 bridgehead atoms. The lowest BCUT2D eigenvalue weighted by Gasteiger charge is -2.09. The van der Waals surface area contributed by atoms with E-state index >= 15 is 0 Å². The smallest absolute Gasteiger partial charge is 0.0325 e. The van der Waals surface area contributed by atoms with Crippen molar-refractivity contribution in [2.75, 3.05) is 0 Å². The Labute approximate surface area is 58.0 Å². The molecule has 0 aliphatic heterocycles. The lowest BCUT2D eigenvalue weighted by atomic mass is 9.97. The van der Waals surface area contributed by atoms with Gasteiger partial charge in [0.25, 0.3) is 0 Å². The summed E-state index contributed by atoms with van der Waals surface area (Å²) in [4.78, 5) is 0. The van der Waals surface area contributed by atoms with Gasteiger partial charge in [0.15, 0.2) is 0 Å². The molecule has 0 aromatic rings. The molecule has 0 aromatic heterocycles. The van der Waals surface area contributed by atoms with Crippen LogP contribution in [0.2, 0.25) is 0 Å². The minimum absolute atomic E-state index is 0.932. The first kappa shape index (κ1) is 6.85. The standard InChI is InChI=1S/C9H16/c1-9-7-5-3-2-4-6-8-9/h3,5,9H,2,4,6-8H2,1H3/b5-3+. The van der Waals surface area contributed by atoms with Crippen LogP contribution < -0.4 is 0 Å². The third-order valence-corrected chi connectivity index (χ3v) is 2.02. The van der Waals surface area contributed by atoms with Crippen LogP contribution in [0.5, 0.6) is 0 Å². The minimum atomic E-state index is 0.932. The molecule has 0 heteroatoms. The lowest BCUT2D eigenvalue weighted by molar-refractivity contribution is 0.495. The van der Waals surface area contributed by atoms with E-state index in [4.69, 9.17) is 0 Å². The first-order valence-corrected chi connectivity index (χ1v) is 4.04. The predicted octanol–water partition coefficient (Wildman–Crippen LogP) is 3.14. The zero-order chi connectivity index (χ0) is 6.53. The Kier molecular flexibility index (Phi) is 2.82. The summed E-state index contributed by atoms with van der Waals surface area (Å²) in [6.45, 7) is 2.34. The molecular formula is C9H16. The molecule has 0 radical (unpaired) electrons. The Balaban J connectivity index is 2.28. The Morgan fingerprint density at radius 1 is 1.22 bits per heavy atom. The lowest BCUT2D eigenvalue weighted by Crippen LogP contribution is -1.94. The van der Waals surface area contributed by atoms with Gasteiger partial charge in [-0.25, -0.2) is 0 Å². The van der Waals surface area contributed by atoms with E-state index in [0.717, 1.165) is 5.92 Å². The number of hydrogen-bond donors (Lipinski definition) is 0. The van der Waals surface area contributed by atoms with E-state index in [0.29, 0.717) is 0 Å². The van der Waals surface area contributed by atoms with Gasteiger partial charge >= 0.3 is 0 Å². The maximum Gasteiger partial charge on any atom is -0.0325 e. The largest absolute Gasteiger partial charge is 0.0885 e. The van der Waals surface area contributed by atoms with Gasteiger partial charge in [0, 0.05) is 0 Å². The summed E-state index contributed by atoms with van der Waals surface area (Å²) >= 11 is 0. The van der Waals surface area contributed by atoms with Crippen molar-refractivity contribution >= 4 is 0 Å². The Morgan fingerprint density at radius 3 is 3.00 bits per heavy atom. The fraction of sp³-hybridized carbons (Fsp3) is 0.778. The maximum atomic E-state index is 2.34. The quantitative estimate of drug-likeness (QED) is 0.435. The zero-order valence-electron chi connectivity index (χ0n) is 6.27. The van der Waals surface area contributed by atoms with Crippen LogP contribution in [0.1, 0.15) is 39.0 Å². The highest BCUT2D eigenvalue weighted by molar-refractivity contribution is 4.84. The monoisotopic (exact) mass is 124 g/mol. The van der Waals surface area contributed by atoms with Gasteiger partial charge in [0.05, 0.1) is 0 Å². The highest BCUT2D eigenvalue weighted by Crippen LogP contribution is 2.16. The second-order valence-corrected chi connectivity index (χ2v) is 3.10. The molecule has 0 saturated carbocycles. The molecular weight excluding hydrogens is 108 g/mol. The van der Waals surface area contributed by atoms with E-state index in [2.05, 4.69) is 19.1 Å². The molecule has 1 unspecified atom stereocenters. The van der Waals surface area contributed by atoms with Crippen molar-refractivity contribution in [1.82, 2.24) is 0 Å². The molecule has 0 amide bonds. The maximum absolute atomic E-state index is 2.34. The van der Waals surface area contributed by atoms with Gasteiger partial charge in [-0.15, -0.1) is 0 Å². The van der Waals surface area contributed by atoms with Crippen molar-refractivity contribution < 1.29 is 0 Å². The van der Waals surface area contributed by atoms with Crippen molar-refractivity contribution in [1.29, 1.82) is 0 Å². The summed E-state index contributed by atoms with van der Waals surface area (Å²) in [7, 11) is 0. The molecule has 0 fully saturated rings. The summed E-state index contributed by atoms with van der Waals surface area (Å²) in [5.74, 6) is 0.932. The zero-order valence-corrected chi connectivity index (χ0v) is 6.27. The van der Waals surface area contributed by atoms with Crippen LogP contribution >= 0.6 is 0 Å². The van der Waals surface area contributed by atoms with Gasteiger partial charge in [0.2, 0.25) is 0 Å². The van der Waals surface area contributed by atoms with E-state index < -0.39 is 0 Å². The highest BCUT2D eigenvalue weighted by Gasteiger charge is 2.00. The van der Waals surface area contributed by atoms with Crippen LogP contribution in [-0.2, 0) is 0 Å².